The molecule has 4 nitrogen and oxygen atoms in total. The van der Waals surface area contributed by atoms with Gasteiger partial charge in [0.25, 0.3) is 0 Å². The second kappa shape index (κ2) is 4.83. The Labute approximate surface area is 113 Å². The molecule has 4 atom stereocenters. The Hall–Kier alpha value is -1.58. The first-order valence-corrected chi connectivity index (χ1v) is 7.09. The van der Waals surface area contributed by atoms with Gasteiger partial charge in [-0.15, -0.1) is 0 Å². The van der Waals surface area contributed by atoms with Crippen molar-refractivity contribution in [2.24, 2.45) is 17.8 Å². The van der Waals surface area contributed by atoms with Crippen LogP contribution in [0, 0.1) is 17.8 Å². The van der Waals surface area contributed by atoms with Crippen molar-refractivity contribution in [2.75, 3.05) is 5.32 Å². The van der Waals surface area contributed by atoms with Gasteiger partial charge in [-0.3, -0.25) is 0 Å². The van der Waals surface area contributed by atoms with Crippen molar-refractivity contribution in [3.8, 4) is 0 Å². The van der Waals surface area contributed by atoms with Crippen molar-refractivity contribution in [2.45, 2.75) is 38.6 Å². The van der Waals surface area contributed by atoms with Gasteiger partial charge in [-0.25, -0.2) is 9.78 Å². The summed E-state index contributed by atoms with van der Waals surface area (Å²) in [5, 5.41) is 12.3. The minimum atomic E-state index is -0.930. The highest BCUT2D eigenvalue weighted by Crippen LogP contribution is 2.49. The molecule has 1 aromatic heterocycles. The molecule has 2 aliphatic rings. The summed E-state index contributed by atoms with van der Waals surface area (Å²) in [4.78, 5) is 15.0. The van der Waals surface area contributed by atoms with E-state index in [0.29, 0.717) is 6.04 Å². The maximum atomic E-state index is 10.8. The third-order valence-electron chi connectivity index (χ3n) is 4.82. The first-order valence-electron chi connectivity index (χ1n) is 7.09. The zero-order valence-electron chi connectivity index (χ0n) is 11.2. The first kappa shape index (κ1) is 12.5. The normalized spacial score (nSPS) is 30.3. The van der Waals surface area contributed by atoms with Crippen LogP contribution < -0.4 is 5.32 Å². The summed E-state index contributed by atoms with van der Waals surface area (Å²) in [5.74, 6) is 2.42. The largest absolute Gasteiger partial charge is 0.478 e. The van der Waals surface area contributed by atoms with Crippen molar-refractivity contribution >= 4 is 11.8 Å². The number of rotatable bonds is 4. The number of fused-ring (bicyclic) bond motifs is 2. The van der Waals surface area contributed by atoms with Gasteiger partial charge in [-0.05, 0) is 56.1 Å². The molecule has 4 heteroatoms. The van der Waals surface area contributed by atoms with E-state index in [-0.39, 0.29) is 5.56 Å². The van der Waals surface area contributed by atoms with Gasteiger partial charge in [-0.2, -0.15) is 0 Å². The topological polar surface area (TPSA) is 62.2 Å². The number of carbonyl (C=O) groups is 1. The van der Waals surface area contributed by atoms with E-state index in [0.717, 1.165) is 23.6 Å². The lowest BCUT2D eigenvalue weighted by atomic mass is 9.84. The van der Waals surface area contributed by atoms with E-state index in [9.17, 15) is 4.79 Å². The summed E-state index contributed by atoms with van der Waals surface area (Å²) in [6.07, 6.45) is 6.96. The smallest absolute Gasteiger partial charge is 0.337 e. The van der Waals surface area contributed by atoms with Crippen molar-refractivity contribution < 1.29 is 9.90 Å². The number of nitrogens with zero attached hydrogens (tertiary/aromatic N) is 1. The Morgan fingerprint density at radius 3 is 2.79 bits per heavy atom. The second-order valence-electron chi connectivity index (χ2n) is 6.01. The summed E-state index contributed by atoms with van der Waals surface area (Å²) < 4.78 is 0. The Bertz CT molecular complexity index is 472. The summed E-state index contributed by atoms with van der Waals surface area (Å²) in [5.41, 5.74) is 0.234. The van der Waals surface area contributed by atoms with Crippen molar-refractivity contribution in [3.63, 3.8) is 0 Å². The molecular formula is C15H20N2O2. The van der Waals surface area contributed by atoms with Crippen molar-refractivity contribution in [3.05, 3.63) is 23.9 Å². The SMILES string of the molecule is CC(Nc1ccc(C(=O)O)cn1)C1CC2CCC1C2. The molecule has 2 N–H and O–H groups in total. The molecule has 0 radical (unpaired) electrons. The Morgan fingerprint density at radius 1 is 1.42 bits per heavy atom. The molecule has 0 amide bonds. The Morgan fingerprint density at radius 2 is 2.26 bits per heavy atom. The number of pyridine rings is 1. The molecule has 2 bridgehead atoms. The number of hydrogen-bond acceptors (Lipinski definition) is 3. The molecule has 2 fully saturated rings. The highest BCUT2D eigenvalue weighted by molar-refractivity contribution is 5.87. The average Bonchev–Trinajstić information content (AvgIpc) is 3.01. The second-order valence-corrected chi connectivity index (χ2v) is 6.01. The summed E-state index contributed by atoms with van der Waals surface area (Å²) in [6.45, 7) is 2.22. The standard InChI is InChI=1S/C15H20N2O2/c1-9(13-7-10-2-3-11(13)6-10)17-14-5-4-12(8-16-14)15(18)19/h4-5,8-11,13H,2-3,6-7H2,1H3,(H,16,17)(H,18,19). The molecule has 2 aliphatic carbocycles. The molecule has 2 saturated carbocycles. The van der Waals surface area contributed by atoms with Crippen LogP contribution in [0.3, 0.4) is 0 Å². The lowest BCUT2D eigenvalue weighted by Crippen LogP contribution is -2.30. The monoisotopic (exact) mass is 260 g/mol. The maximum Gasteiger partial charge on any atom is 0.337 e. The van der Waals surface area contributed by atoms with Gasteiger partial charge in [0.2, 0.25) is 0 Å². The number of carboxylic acid groups (broad SMARTS) is 1. The third-order valence-corrected chi connectivity index (χ3v) is 4.82. The summed E-state index contributed by atoms with van der Waals surface area (Å²) in [6, 6.07) is 3.77. The van der Waals surface area contributed by atoms with E-state index in [1.807, 2.05) is 0 Å². The highest BCUT2D eigenvalue weighted by atomic mass is 16.4. The zero-order chi connectivity index (χ0) is 13.4. The molecule has 0 aromatic carbocycles. The van der Waals surface area contributed by atoms with E-state index in [2.05, 4.69) is 17.2 Å². The van der Waals surface area contributed by atoms with Gasteiger partial charge in [0.15, 0.2) is 0 Å². The quantitative estimate of drug-likeness (QED) is 0.873. The molecular weight excluding hydrogens is 240 g/mol. The third kappa shape index (κ3) is 2.44. The molecule has 1 aromatic rings. The number of aromatic nitrogens is 1. The van der Waals surface area contributed by atoms with Gasteiger partial charge in [0.05, 0.1) is 5.56 Å². The molecule has 102 valence electrons. The predicted octanol–water partition coefficient (Wildman–Crippen LogP) is 3.02. The number of hydrogen-bond donors (Lipinski definition) is 2. The predicted molar refractivity (Wildman–Crippen MR) is 73.2 cm³/mol. The van der Waals surface area contributed by atoms with E-state index in [4.69, 9.17) is 5.11 Å². The van der Waals surface area contributed by atoms with E-state index < -0.39 is 5.97 Å². The lowest BCUT2D eigenvalue weighted by Gasteiger charge is -2.28. The van der Waals surface area contributed by atoms with E-state index >= 15 is 0 Å². The molecule has 0 saturated heterocycles. The summed E-state index contributed by atoms with van der Waals surface area (Å²) >= 11 is 0. The highest BCUT2D eigenvalue weighted by Gasteiger charge is 2.41. The summed E-state index contributed by atoms with van der Waals surface area (Å²) in [7, 11) is 0. The van der Waals surface area contributed by atoms with Crippen molar-refractivity contribution in [1.82, 2.24) is 4.98 Å². The molecule has 0 spiro atoms. The molecule has 3 rings (SSSR count). The molecule has 1 heterocycles. The molecule has 0 aliphatic heterocycles. The average molecular weight is 260 g/mol. The van der Waals surface area contributed by atoms with Crippen LogP contribution in [-0.4, -0.2) is 22.1 Å². The number of carboxylic acids is 1. The van der Waals surface area contributed by atoms with Crippen LogP contribution in [0.5, 0.6) is 0 Å². The number of anilines is 1. The van der Waals surface area contributed by atoms with Gasteiger partial charge in [-0.1, -0.05) is 6.42 Å². The minimum absolute atomic E-state index is 0.234. The Balaban J connectivity index is 1.63. The van der Waals surface area contributed by atoms with Crippen molar-refractivity contribution in [1.29, 1.82) is 0 Å². The minimum Gasteiger partial charge on any atom is -0.478 e. The maximum absolute atomic E-state index is 10.8. The van der Waals surface area contributed by atoms with E-state index in [1.54, 1.807) is 12.1 Å². The van der Waals surface area contributed by atoms with Crippen LogP contribution in [0.25, 0.3) is 0 Å². The van der Waals surface area contributed by atoms with Crippen LogP contribution in [0.1, 0.15) is 43.0 Å². The Kier molecular flexibility index (Phi) is 3.17. The van der Waals surface area contributed by atoms with Crippen LogP contribution in [0.15, 0.2) is 18.3 Å². The van der Waals surface area contributed by atoms with Gasteiger partial charge in [0, 0.05) is 12.2 Å². The zero-order valence-corrected chi connectivity index (χ0v) is 11.2. The van der Waals surface area contributed by atoms with Crippen LogP contribution in [-0.2, 0) is 0 Å². The van der Waals surface area contributed by atoms with Crippen LogP contribution >= 0.6 is 0 Å². The molecule has 19 heavy (non-hydrogen) atoms. The van der Waals surface area contributed by atoms with Gasteiger partial charge >= 0.3 is 5.97 Å². The fourth-order valence-corrected chi connectivity index (χ4v) is 3.85. The number of nitrogens with one attached hydrogen (secondary N) is 1. The van der Waals surface area contributed by atoms with Crippen LogP contribution in [0.2, 0.25) is 0 Å². The number of aromatic carboxylic acids is 1. The van der Waals surface area contributed by atoms with Crippen LogP contribution in [0.4, 0.5) is 5.82 Å². The van der Waals surface area contributed by atoms with E-state index in [1.165, 1.54) is 31.9 Å². The first-order chi connectivity index (χ1) is 9.13. The molecule has 4 unspecified atom stereocenters. The fourth-order valence-electron chi connectivity index (χ4n) is 3.85. The fraction of sp³-hybridized carbons (Fsp3) is 0.600. The van der Waals surface area contributed by atoms with Gasteiger partial charge < -0.3 is 10.4 Å². The van der Waals surface area contributed by atoms with Gasteiger partial charge in [0.1, 0.15) is 5.82 Å². The lowest BCUT2D eigenvalue weighted by molar-refractivity contribution is 0.0696.